The highest BCUT2D eigenvalue weighted by Crippen LogP contribution is 2.43. The van der Waals surface area contributed by atoms with Crippen molar-refractivity contribution >= 4 is 5.91 Å². The van der Waals surface area contributed by atoms with Crippen LogP contribution in [0.1, 0.15) is 66.2 Å². The number of nitrogens with two attached hydrogens (primary N) is 1. The molecule has 0 spiro atoms. The zero-order chi connectivity index (χ0) is 15.6. The summed E-state index contributed by atoms with van der Waals surface area (Å²) in [4.78, 5) is 14.7. The zero-order valence-electron chi connectivity index (χ0n) is 14.4. The Balaban J connectivity index is 1.89. The van der Waals surface area contributed by atoms with Gasteiger partial charge in [0.1, 0.15) is 0 Å². The Morgan fingerprint density at radius 1 is 1.38 bits per heavy atom. The molecule has 21 heavy (non-hydrogen) atoms. The normalized spacial score (nSPS) is 34.5. The Labute approximate surface area is 130 Å². The molecule has 3 heteroatoms. The summed E-state index contributed by atoms with van der Waals surface area (Å²) in [6.07, 6.45) is 6.76. The third-order valence-electron chi connectivity index (χ3n) is 5.50. The van der Waals surface area contributed by atoms with Crippen molar-refractivity contribution in [3.63, 3.8) is 0 Å². The first-order valence-corrected chi connectivity index (χ1v) is 8.80. The second-order valence-electron chi connectivity index (χ2n) is 8.58. The molecule has 2 rings (SSSR count). The molecule has 3 nitrogen and oxygen atoms in total. The molecule has 4 atom stereocenters. The Bertz CT molecular complexity index is 364. The van der Waals surface area contributed by atoms with Crippen LogP contribution < -0.4 is 5.73 Å². The highest BCUT2D eigenvalue weighted by atomic mass is 16.2. The van der Waals surface area contributed by atoms with Gasteiger partial charge in [0.15, 0.2) is 0 Å². The average molecular weight is 294 g/mol. The van der Waals surface area contributed by atoms with Crippen LogP contribution in [-0.4, -0.2) is 29.9 Å². The predicted octanol–water partition coefficient (Wildman–Crippen LogP) is 3.42. The van der Waals surface area contributed by atoms with Gasteiger partial charge in [-0.15, -0.1) is 0 Å². The molecule has 0 radical (unpaired) electrons. The summed E-state index contributed by atoms with van der Waals surface area (Å²) >= 11 is 0. The van der Waals surface area contributed by atoms with E-state index < -0.39 is 0 Å². The van der Waals surface area contributed by atoms with Crippen molar-refractivity contribution in [1.29, 1.82) is 0 Å². The number of rotatable bonds is 3. The topological polar surface area (TPSA) is 46.3 Å². The minimum Gasteiger partial charge on any atom is -0.342 e. The van der Waals surface area contributed by atoms with Gasteiger partial charge in [0.2, 0.25) is 5.91 Å². The number of hydrogen-bond acceptors (Lipinski definition) is 2. The molecule has 1 amide bonds. The maximum atomic E-state index is 12.6. The van der Waals surface area contributed by atoms with E-state index in [4.69, 9.17) is 5.73 Å². The summed E-state index contributed by atoms with van der Waals surface area (Å²) in [5.74, 6) is 2.19. The Morgan fingerprint density at radius 2 is 2.10 bits per heavy atom. The van der Waals surface area contributed by atoms with Gasteiger partial charge in [-0.2, -0.15) is 0 Å². The summed E-state index contributed by atoms with van der Waals surface area (Å²) < 4.78 is 0. The minimum absolute atomic E-state index is 0.203. The van der Waals surface area contributed by atoms with Crippen LogP contribution >= 0.6 is 0 Å². The Morgan fingerprint density at radius 3 is 2.71 bits per heavy atom. The summed E-state index contributed by atoms with van der Waals surface area (Å²) in [5, 5.41) is 0. The summed E-state index contributed by atoms with van der Waals surface area (Å²) in [7, 11) is 0. The first-order valence-electron chi connectivity index (χ1n) is 8.80. The lowest BCUT2D eigenvalue weighted by Crippen LogP contribution is -2.45. The molecule has 1 heterocycles. The lowest BCUT2D eigenvalue weighted by atomic mass is 9.67. The summed E-state index contributed by atoms with van der Waals surface area (Å²) in [5.41, 5.74) is 6.43. The van der Waals surface area contributed by atoms with Gasteiger partial charge in [-0.3, -0.25) is 4.79 Å². The molecule has 0 bridgehead atoms. The highest BCUT2D eigenvalue weighted by molar-refractivity contribution is 5.76. The van der Waals surface area contributed by atoms with Crippen molar-refractivity contribution in [2.24, 2.45) is 28.9 Å². The third kappa shape index (κ3) is 4.70. The molecule has 1 saturated carbocycles. The van der Waals surface area contributed by atoms with E-state index in [2.05, 4.69) is 32.6 Å². The fourth-order valence-electron chi connectivity index (χ4n) is 4.74. The van der Waals surface area contributed by atoms with Crippen LogP contribution in [0.3, 0.4) is 0 Å². The van der Waals surface area contributed by atoms with Crippen LogP contribution in [0.15, 0.2) is 0 Å². The van der Waals surface area contributed by atoms with E-state index in [-0.39, 0.29) is 6.04 Å². The molecule has 0 aromatic rings. The van der Waals surface area contributed by atoms with Crippen LogP contribution in [0.5, 0.6) is 0 Å². The van der Waals surface area contributed by atoms with E-state index in [1.54, 1.807) is 0 Å². The Kier molecular flexibility index (Phi) is 5.34. The largest absolute Gasteiger partial charge is 0.342 e. The van der Waals surface area contributed by atoms with Gasteiger partial charge < -0.3 is 10.6 Å². The number of amides is 1. The van der Waals surface area contributed by atoms with E-state index in [0.29, 0.717) is 23.2 Å². The van der Waals surface area contributed by atoms with E-state index in [1.807, 2.05) is 0 Å². The Hall–Kier alpha value is -0.570. The maximum Gasteiger partial charge on any atom is 0.222 e. The van der Waals surface area contributed by atoms with Crippen molar-refractivity contribution < 1.29 is 4.79 Å². The van der Waals surface area contributed by atoms with Crippen molar-refractivity contribution in [2.75, 3.05) is 13.1 Å². The number of nitrogens with zero attached hydrogens (tertiary/aromatic N) is 1. The monoisotopic (exact) mass is 294 g/mol. The molecule has 1 aliphatic carbocycles. The maximum absolute atomic E-state index is 12.6. The fourth-order valence-corrected chi connectivity index (χ4v) is 4.74. The number of likely N-dealkylation sites (tertiary alicyclic amines) is 1. The molecule has 122 valence electrons. The summed E-state index contributed by atoms with van der Waals surface area (Å²) in [6.45, 7) is 10.9. The van der Waals surface area contributed by atoms with E-state index in [0.717, 1.165) is 31.8 Å². The van der Waals surface area contributed by atoms with Gasteiger partial charge in [0.05, 0.1) is 0 Å². The second-order valence-corrected chi connectivity index (χ2v) is 8.58. The number of carbonyl (C=O) groups is 1. The molecule has 4 unspecified atom stereocenters. The van der Waals surface area contributed by atoms with Gasteiger partial charge in [-0.1, -0.05) is 20.8 Å². The van der Waals surface area contributed by atoms with Crippen LogP contribution in [0.2, 0.25) is 0 Å². The van der Waals surface area contributed by atoms with Gasteiger partial charge in [-0.05, 0) is 62.2 Å². The van der Waals surface area contributed by atoms with Crippen LogP contribution in [0.4, 0.5) is 0 Å². The quantitative estimate of drug-likeness (QED) is 0.867. The third-order valence-corrected chi connectivity index (χ3v) is 5.50. The number of piperidine rings is 1. The molecule has 0 aromatic heterocycles. The molecule has 0 aromatic carbocycles. The first-order chi connectivity index (χ1) is 9.77. The highest BCUT2D eigenvalue weighted by Gasteiger charge is 2.34. The van der Waals surface area contributed by atoms with Gasteiger partial charge in [-0.25, -0.2) is 0 Å². The van der Waals surface area contributed by atoms with E-state index >= 15 is 0 Å². The first kappa shape index (κ1) is 16.8. The second kappa shape index (κ2) is 6.68. The van der Waals surface area contributed by atoms with Gasteiger partial charge >= 0.3 is 0 Å². The number of hydrogen-bond donors (Lipinski definition) is 1. The summed E-state index contributed by atoms with van der Waals surface area (Å²) in [6, 6.07) is 0.203. The van der Waals surface area contributed by atoms with Gasteiger partial charge in [0.25, 0.3) is 0 Å². The lowest BCUT2D eigenvalue weighted by molar-refractivity contribution is -0.134. The van der Waals surface area contributed by atoms with Crippen molar-refractivity contribution in [3.05, 3.63) is 0 Å². The average Bonchev–Trinajstić information content (AvgIpc) is 2.36. The van der Waals surface area contributed by atoms with Crippen LogP contribution in [0.25, 0.3) is 0 Å². The van der Waals surface area contributed by atoms with Crippen LogP contribution in [0, 0.1) is 23.2 Å². The molecular formula is C18H34N2O. The minimum atomic E-state index is 0.203. The molecule has 2 N–H and O–H groups in total. The molecule has 2 aliphatic rings. The van der Waals surface area contributed by atoms with Crippen molar-refractivity contribution in [3.8, 4) is 0 Å². The number of carbonyl (C=O) groups excluding carboxylic acids is 1. The lowest BCUT2D eigenvalue weighted by Gasteiger charge is -2.40. The molecule has 1 saturated heterocycles. The fraction of sp³-hybridized carbons (Fsp3) is 0.944. The van der Waals surface area contributed by atoms with Crippen molar-refractivity contribution in [2.45, 2.75) is 72.3 Å². The standard InChI is InChI=1S/C18H34N2O/c1-13-8-15(11-18(3,4)10-13)9-17(21)20-7-5-6-16(12-20)14(2)19/h13-16H,5-12,19H2,1-4H3. The molecule has 1 aliphatic heterocycles. The predicted molar refractivity (Wildman–Crippen MR) is 87.9 cm³/mol. The SMILES string of the molecule is CC1CC(CC(=O)N2CCCC(C(C)N)C2)CC(C)(C)C1. The zero-order valence-corrected chi connectivity index (χ0v) is 14.4. The van der Waals surface area contributed by atoms with Crippen LogP contribution in [-0.2, 0) is 4.79 Å². The molecule has 2 fully saturated rings. The van der Waals surface area contributed by atoms with Crippen molar-refractivity contribution in [1.82, 2.24) is 4.90 Å². The smallest absolute Gasteiger partial charge is 0.222 e. The van der Waals surface area contributed by atoms with E-state index in [1.165, 1.54) is 25.7 Å². The van der Waals surface area contributed by atoms with Gasteiger partial charge in [0, 0.05) is 25.6 Å². The van der Waals surface area contributed by atoms with E-state index in [9.17, 15) is 4.79 Å². The molecular weight excluding hydrogens is 260 g/mol.